The molecule has 0 aromatic heterocycles. The van der Waals surface area contributed by atoms with Gasteiger partial charge in [0.15, 0.2) is 0 Å². The molecule has 0 saturated carbocycles. The van der Waals surface area contributed by atoms with Crippen LogP contribution in [0.15, 0.2) is 0 Å². The van der Waals surface area contributed by atoms with Crippen LogP contribution in [0.25, 0.3) is 0 Å². The van der Waals surface area contributed by atoms with Crippen molar-refractivity contribution in [3.05, 3.63) is 0 Å². The molecule has 5 heteroatoms. The zero-order valence-electron chi connectivity index (χ0n) is 11.4. The smallest absolute Gasteiger partial charge is 0.246 e. The van der Waals surface area contributed by atoms with Crippen molar-refractivity contribution in [2.24, 2.45) is 5.92 Å². The van der Waals surface area contributed by atoms with Crippen LogP contribution in [0.3, 0.4) is 0 Å². The number of carbonyl (C=O) groups is 2. The first-order valence-electron chi connectivity index (χ1n) is 5.96. The van der Waals surface area contributed by atoms with Crippen molar-refractivity contribution in [3.8, 4) is 0 Å². The molecule has 0 aliphatic rings. The van der Waals surface area contributed by atoms with Gasteiger partial charge in [-0.25, -0.2) is 0 Å². The largest absolute Gasteiger partial charge is 0.372 e. The number of nitrogens with zero attached hydrogens (tertiary/aromatic N) is 1. The van der Waals surface area contributed by atoms with Gasteiger partial charge in [0.05, 0.1) is 0 Å². The Hall–Kier alpha value is -1.10. The predicted octanol–water partition coefficient (Wildman–Crippen LogP) is 0.642. The van der Waals surface area contributed by atoms with E-state index in [9.17, 15) is 9.59 Å². The lowest BCUT2D eigenvalue weighted by Crippen LogP contribution is -2.47. The minimum atomic E-state index is -0.460. The summed E-state index contributed by atoms with van der Waals surface area (Å²) in [6.07, 6.45) is 0.634. The molecule has 0 aliphatic heterocycles. The lowest BCUT2D eigenvalue weighted by Gasteiger charge is -2.23. The number of hydrogen-bond acceptors (Lipinski definition) is 3. The third-order valence-corrected chi connectivity index (χ3v) is 2.22. The molecule has 0 aromatic carbocycles. The molecule has 5 nitrogen and oxygen atoms in total. The van der Waals surface area contributed by atoms with E-state index in [1.165, 1.54) is 4.90 Å². The highest BCUT2D eigenvalue weighted by molar-refractivity contribution is 5.87. The van der Waals surface area contributed by atoms with Crippen molar-refractivity contribution in [3.63, 3.8) is 0 Å². The van der Waals surface area contributed by atoms with Crippen LogP contribution >= 0.6 is 0 Å². The maximum absolute atomic E-state index is 11.9. The van der Waals surface area contributed by atoms with E-state index in [2.05, 4.69) is 5.32 Å². The SMILES string of the molecule is CCOCC(=O)NC(CC(C)C)C(=O)N(C)C. The van der Waals surface area contributed by atoms with Crippen LogP contribution < -0.4 is 5.32 Å². The molecule has 0 fully saturated rings. The molecule has 1 N–H and O–H groups in total. The molecule has 1 unspecified atom stereocenters. The molecule has 0 radical (unpaired) electrons. The third-order valence-electron chi connectivity index (χ3n) is 2.22. The van der Waals surface area contributed by atoms with Gasteiger partial charge in [-0.15, -0.1) is 0 Å². The minimum Gasteiger partial charge on any atom is -0.372 e. The summed E-state index contributed by atoms with van der Waals surface area (Å²) in [5.74, 6) is 0.0209. The van der Waals surface area contributed by atoms with E-state index < -0.39 is 6.04 Å². The summed E-state index contributed by atoms with van der Waals surface area (Å²) >= 11 is 0. The first-order chi connectivity index (χ1) is 7.88. The van der Waals surface area contributed by atoms with Gasteiger partial charge in [-0.05, 0) is 19.3 Å². The van der Waals surface area contributed by atoms with E-state index in [1.54, 1.807) is 14.1 Å². The Kier molecular flexibility index (Phi) is 7.54. The van der Waals surface area contributed by atoms with Crippen LogP contribution in [0.4, 0.5) is 0 Å². The Morgan fingerprint density at radius 1 is 1.29 bits per heavy atom. The van der Waals surface area contributed by atoms with Gasteiger partial charge in [0.2, 0.25) is 11.8 Å². The predicted molar refractivity (Wildman–Crippen MR) is 66.6 cm³/mol. The second-order valence-electron chi connectivity index (χ2n) is 4.62. The highest BCUT2D eigenvalue weighted by Gasteiger charge is 2.23. The molecule has 0 heterocycles. The lowest BCUT2D eigenvalue weighted by molar-refractivity contribution is -0.136. The van der Waals surface area contributed by atoms with Crippen LogP contribution in [0.1, 0.15) is 27.2 Å². The molecule has 1 atom stereocenters. The summed E-state index contributed by atoms with van der Waals surface area (Å²) in [6.45, 7) is 6.36. The van der Waals surface area contributed by atoms with Gasteiger partial charge < -0.3 is 15.0 Å². The van der Waals surface area contributed by atoms with Crippen LogP contribution in [0.2, 0.25) is 0 Å². The number of ether oxygens (including phenoxy) is 1. The standard InChI is InChI=1S/C12H24N2O3/c1-6-17-8-11(15)13-10(7-9(2)3)12(16)14(4)5/h9-10H,6-8H2,1-5H3,(H,13,15). The molecule has 100 valence electrons. The monoisotopic (exact) mass is 244 g/mol. The number of likely N-dealkylation sites (N-methyl/N-ethyl adjacent to an activating group) is 1. The second-order valence-corrected chi connectivity index (χ2v) is 4.62. The molecule has 0 bridgehead atoms. The molecule has 17 heavy (non-hydrogen) atoms. The fourth-order valence-corrected chi connectivity index (χ4v) is 1.44. The zero-order valence-corrected chi connectivity index (χ0v) is 11.4. The first-order valence-corrected chi connectivity index (χ1v) is 5.96. The van der Waals surface area contributed by atoms with E-state index >= 15 is 0 Å². The molecular weight excluding hydrogens is 220 g/mol. The van der Waals surface area contributed by atoms with Crippen LogP contribution in [-0.4, -0.2) is 50.1 Å². The highest BCUT2D eigenvalue weighted by atomic mass is 16.5. The number of amides is 2. The van der Waals surface area contributed by atoms with Crippen molar-refractivity contribution in [1.29, 1.82) is 0 Å². The quantitative estimate of drug-likeness (QED) is 0.715. The number of carbonyl (C=O) groups excluding carboxylic acids is 2. The summed E-state index contributed by atoms with van der Waals surface area (Å²) in [7, 11) is 3.37. The van der Waals surface area contributed by atoms with E-state index in [0.29, 0.717) is 18.9 Å². The van der Waals surface area contributed by atoms with Gasteiger partial charge in [0, 0.05) is 20.7 Å². The van der Waals surface area contributed by atoms with Crippen LogP contribution in [0.5, 0.6) is 0 Å². The van der Waals surface area contributed by atoms with Crippen LogP contribution in [-0.2, 0) is 14.3 Å². The Morgan fingerprint density at radius 2 is 1.88 bits per heavy atom. The van der Waals surface area contributed by atoms with Gasteiger partial charge >= 0.3 is 0 Å². The van der Waals surface area contributed by atoms with Gasteiger partial charge in [0.25, 0.3) is 0 Å². The Morgan fingerprint density at radius 3 is 2.29 bits per heavy atom. The molecule has 0 rings (SSSR count). The fourth-order valence-electron chi connectivity index (χ4n) is 1.44. The summed E-state index contributed by atoms with van der Waals surface area (Å²) in [5.41, 5.74) is 0. The van der Waals surface area contributed by atoms with Crippen molar-refractivity contribution in [1.82, 2.24) is 10.2 Å². The van der Waals surface area contributed by atoms with Crippen molar-refractivity contribution >= 4 is 11.8 Å². The average molecular weight is 244 g/mol. The summed E-state index contributed by atoms with van der Waals surface area (Å²) in [4.78, 5) is 24.9. The molecule has 2 amide bonds. The summed E-state index contributed by atoms with van der Waals surface area (Å²) in [6, 6.07) is -0.460. The van der Waals surface area contributed by atoms with Crippen molar-refractivity contribution in [2.75, 3.05) is 27.3 Å². The maximum Gasteiger partial charge on any atom is 0.246 e. The molecule has 0 aromatic rings. The first kappa shape index (κ1) is 15.9. The van der Waals surface area contributed by atoms with Crippen molar-refractivity contribution in [2.45, 2.75) is 33.2 Å². The average Bonchev–Trinajstić information content (AvgIpc) is 2.23. The van der Waals surface area contributed by atoms with Crippen molar-refractivity contribution < 1.29 is 14.3 Å². The normalized spacial score (nSPS) is 12.4. The molecule has 0 saturated heterocycles. The number of hydrogen-bond donors (Lipinski definition) is 1. The molecule has 0 spiro atoms. The number of rotatable bonds is 7. The van der Waals surface area contributed by atoms with Gasteiger partial charge in [-0.3, -0.25) is 9.59 Å². The van der Waals surface area contributed by atoms with E-state index in [1.807, 2.05) is 20.8 Å². The highest BCUT2D eigenvalue weighted by Crippen LogP contribution is 2.06. The lowest BCUT2D eigenvalue weighted by atomic mass is 10.0. The van der Waals surface area contributed by atoms with E-state index in [-0.39, 0.29) is 18.4 Å². The topological polar surface area (TPSA) is 58.6 Å². The Labute approximate surface area is 103 Å². The Balaban J connectivity index is 4.38. The maximum atomic E-state index is 11.9. The second kappa shape index (κ2) is 8.06. The summed E-state index contributed by atoms with van der Waals surface area (Å²) < 4.78 is 5.00. The van der Waals surface area contributed by atoms with Gasteiger partial charge in [-0.1, -0.05) is 13.8 Å². The fraction of sp³-hybridized carbons (Fsp3) is 0.833. The van der Waals surface area contributed by atoms with E-state index in [4.69, 9.17) is 4.74 Å². The van der Waals surface area contributed by atoms with Gasteiger partial charge in [0.1, 0.15) is 12.6 Å². The molecular formula is C12H24N2O3. The Bertz CT molecular complexity index is 252. The third kappa shape index (κ3) is 6.94. The summed E-state index contributed by atoms with van der Waals surface area (Å²) in [5, 5.41) is 2.71. The minimum absolute atomic E-state index is 0.00576. The van der Waals surface area contributed by atoms with E-state index in [0.717, 1.165) is 0 Å². The number of nitrogens with one attached hydrogen (secondary N) is 1. The van der Waals surface area contributed by atoms with Crippen LogP contribution in [0, 0.1) is 5.92 Å². The molecule has 0 aliphatic carbocycles. The zero-order chi connectivity index (χ0) is 13.4. The van der Waals surface area contributed by atoms with Gasteiger partial charge in [-0.2, -0.15) is 0 Å².